The summed E-state index contributed by atoms with van der Waals surface area (Å²) in [4.78, 5) is 49.9. The van der Waals surface area contributed by atoms with Gasteiger partial charge >= 0.3 is 0 Å². The number of hydrogen-bond acceptors (Lipinski definition) is 8. The zero-order valence-corrected chi connectivity index (χ0v) is 25.3. The van der Waals surface area contributed by atoms with Crippen LogP contribution in [0.25, 0.3) is 10.9 Å². The third-order valence-corrected chi connectivity index (χ3v) is 7.57. The van der Waals surface area contributed by atoms with Crippen molar-refractivity contribution < 1.29 is 32.3 Å². The number of fused-ring (bicyclic) bond motifs is 1. The van der Waals surface area contributed by atoms with E-state index >= 15 is 0 Å². The van der Waals surface area contributed by atoms with E-state index in [1.54, 1.807) is 14.0 Å². The van der Waals surface area contributed by atoms with Crippen molar-refractivity contribution in [2.75, 3.05) is 31.3 Å². The number of amides is 3. The minimum Gasteiger partial charge on any atom is -0.494 e. The topological polar surface area (TPSA) is 138 Å². The average molecular weight is 616 g/mol. The number of nitrogens with one attached hydrogen (secondary N) is 4. The van der Waals surface area contributed by atoms with Crippen molar-refractivity contribution in [2.24, 2.45) is 5.41 Å². The first kappa shape index (κ1) is 32.5. The highest BCUT2D eigenvalue weighted by Gasteiger charge is 2.42. The van der Waals surface area contributed by atoms with Crippen molar-refractivity contribution in [1.29, 1.82) is 0 Å². The number of benzene rings is 2. The maximum Gasteiger partial charge on any atom is 0.247 e. The number of nitrogens with zero attached hydrogens (tertiary/aromatic N) is 3. The lowest BCUT2D eigenvalue weighted by Gasteiger charge is -2.36. The van der Waals surface area contributed by atoms with Gasteiger partial charge in [-0.05, 0) is 50.4 Å². The summed E-state index contributed by atoms with van der Waals surface area (Å²) in [6.07, 6.45) is 2.18. The molecule has 0 saturated carbocycles. The number of hydrogen-bond donors (Lipinski definition) is 4. The van der Waals surface area contributed by atoms with Gasteiger partial charge in [-0.25, -0.2) is 23.1 Å². The predicted octanol–water partition coefficient (Wildman–Crippen LogP) is 3.87. The largest absolute Gasteiger partial charge is 0.494 e. The zero-order chi connectivity index (χ0) is 32.3. The molecule has 1 saturated heterocycles. The van der Waals surface area contributed by atoms with Crippen LogP contribution >= 0.6 is 0 Å². The normalized spacial score (nSPS) is 16.4. The number of methoxy groups -OCH3 is 1. The second-order valence-corrected chi connectivity index (χ2v) is 11.6. The van der Waals surface area contributed by atoms with Crippen LogP contribution in [0.2, 0.25) is 0 Å². The van der Waals surface area contributed by atoms with Gasteiger partial charge in [0.2, 0.25) is 17.7 Å². The molecule has 2 aromatic carbocycles. The van der Waals surface area contributed by atoms with E-state index in [0.29, 0.717) is 30.3 Å². The van der Waals surface area contributed by atoms with Gasteiger partial charge in [0.1, 0.15) is 30.0 Å². The summed E-state index contributed by atoms with van der Waals surface area (Å²) in [5.74, 6) is -5.25. The van der Waals surface area contributed by atoms with Gasteiger partial charge in [-0.3, -0.25) is 14.4 Å². The number of carbonyl (C=O) groups is 3. The van der Waals surface area contributed by atoms with E-state index in [1.165, 1.54) is 30.5 Å². The third kappa shape index (κ3) is 6.69. The van der Waals surface area contributed by atoms with Crippen LogP contribution in [0, 0.1) is 22.9 Å². The Kier molecular flexibility index (Phi) is 9.62. The van der Waals surface area contributed by atoms with Crippen LogP contribution in [0.5, 0.6) is 5.75 Å². The number of likely N-dealkylation sites (tertiary alicyclic amines) is 1. The van der Waals surface area contributed by atoms with Crippen LogP contribution in [0.3, 0.4) is 0 Å². The summed E-state index contributed by atoms with van der Waals surface area (Å²) in [5, 5.41) is 11.5. The molecule has 1 aromatic heterocycles. The Bertz CT molecular complexity index is 1580. The molecule has 1 unspecified atom stereocenters. The lowest BCUT2D eigenvalue weighted by molar-refractivity contribution is -0.143. The molecule has 4 N–H and O–H groups in total. The zero-order valence-electron chi connectivity index (χ0n) is 25.3. The van der Waals surface area contributed by atoms with Gasteiger partial charge in [0.05, 0.1) is 30.0 Å². The van der Waals surface area contributed by atoms with Crippen LogP contribution in [-0.4, -0.2) is 71.4 Å². The first-order chi connectivity index (χ1) is 20.8. The number of aromatic nitrogens is 2. The van der Waals surface area contributed by atoms with Crippen LogP contribution in [0.15, 0.2) is 30.6 Å². The van der Waals surface area contributed by atoms with Gasteiger partial charge in [0.15, 0.2) is 17.5 Å². The second-order valence-electron chi connectivity index (χ2n) is 11.6. The number of rotatable bonds is 9. The molecular weight excluding hydrogens is 579 g/mol. The van der Waals surface area contributed by atoms with Crippen molar-refractivity contribution in [3.8, 4) is 5.75 Å². The standard InChI is InChI=1S/C30H36F3N7O4/c1-15(34-5)27(41)39-25(30(2,3)4)29(43)40-11-7-8-21(40)28(42)38-20-12-16-19(13-22(20)44-6)35-14-36-26(16)37-18-10-9-17(31)23(32)24(18)33/h9-10,12-15,21,25,34H,7-8,11H2,1-6H3,(H,38,42)(H,39,41)(H,35,36,37)/t15-,21?,25+/m0/s1. The van der Waals surface area contributed by atoms with Gasteiger partial charge < -0.3 is 30.9 Å². The first-order valence-corrected chi connectivity index (χ1v) is 14.1. The van der Waals surface area contributed by atoms with E-state index in [0.717, 1.165) is 12.1 Å². The van der Waals surface area contributed by atoms with Crippen molar-refractivity contribution in [3.05, 3.63) is 48.0 Å². The van der Waals surface area contributed by atoms with Crippen molar-refractivity contribution >= 4 is 45.8 Å². The highest BCUT2D eigenvalue weighted by atomic mass is 19.2. The molecule has 1 aliphatic rings. The maximum absolute atomic E-state index is 14.4. The number of likely N-dealkylation sites (N-methyl/N-ethyl adjacent to an activating group) is 1. The van der Waals surface area contributed by atoms with E-state index in [-0.39, 0.29) is 34.8 Å². The molecular formula is C30H36F3N7O4. The lowest BCUT2D eigenvalue weighted by Crippen LogP contribution is -2.59. The van der Waals surface area contributed by atoms with E-state index in [9.17, 15) is 27.6 Å². The summed E-state index contributed by atoms with van der Waals surface area (Å²) < 4.78 is 47.2. The smallest absolute Gasteiger partial charge is 0.247 e. The Labute approximate surface area is 252 Å². The summed E-state index contributed by atoms with van der Waals surface area (Å²) in [6, 6.07) is 2.63. The molecule has 1 aliphatic heterocycles. The van der Waals surface area contributed by atoms with Gasteiger partial charge in [0, 0.05) is 18.0 Å². The Morgan fingerprint density at radius 3 is 2.45 bits per heavy atom. The minimum atomic E-state index is -1.64. The van der Waals surface area contributed by atoms with E-state index in [4.69, 9.17) is 4.74 Å². The van der Waals surface area contributed by atoms with Crippen molar-refractivity contribution in [1.82, 2.24) is 25.5 Å². The van der Waals surface area contributed by atoms with Crippen LogP contribution in [0.1, 0.15) is 40.5 Å². The summed E-state index contributed by atoms with van der Waals surface area (Å²) in [5.41, 5.74) is -0.411. The summed E-state index contributed by atoms with van der Waals surface area (Å²) in [7, 11) is 3.05. The van der Waals surface area contributed by atoms with Crippen LogP contribution in [0.4, 0.5) is 30.4 Å². The number of anilines is 3. The molecule has 3 aromatic rings. The molecule has 0 bridgehead atoms. The molecule has 0 radical (unpaired) electrons. The summed E-state index contributed by atoms with van der Waals surface area (Å²) in [6.45, 7) is 7.53. The van der Waals surface area contributed by atoms with E-state index < -0.39 is 46.9 Å². The number of carbonyl (C=O) groups excluding carboxylic acids is 3. The lowest BCUT2D eigenvalue weighted by atomic mass is 9.85. The number of ether oxygens (including phenoxy) is 1. The monoisotopic (exact) mass is 615 g/mol. The fourth-order valence-electron chi connectivity index (χ4n) is 4.93. The van der Waals surface area contributed by atoms with E-state index in [1.807, 2.05) is 20.8 Å². The Hall–Kier alpha value is -4.46. The third-order valence-electron chi connectivity index (χ3n) is 7.57. The maximum atomic E-state index is 14.4. The molecule has 3 atom stereocenters. The quantitative estimate of drug-likeness (QED) is 0.267. The predicted molar refractivity (Wildman–Crippen MR) is 159 cm³/mol. The molecule has 11 nitrogen and oxygen atoms in total. The van der Waals surface area contributed by atoms with Gasteiger partial charge in [0.25, 0.3) is 0 Å². The molecule has 3 amide bonds. The fraction of sp³-hybridized carbons (Fsp3) is 0.433. The van der Waals surface area contributed by atoms with Crippen molar-refractivity contribution in [3.63, 3.8) is 0 Å². The molecule has 4 rings (SSSR count). The molecule has 2 heterocycles. The van der Waals surface area contributed by atoms with Crippen LogP contribution < -0.4 is 26.0 Å². The second kappa shape index (κ2) is 13.0. The summed E-state index contributed by atoms with van der Waals surface area (Å²) >= 11 is 0. The van der Waals surface area contributed by atoms with Gasteiger partial charge in [-0.1, -0.05) is 20.8 Å². The van der Waals surface area contributed by atoms with Gasteiger partial charge in [-0.2, -0.15) is 0 Å². The molecule has 236 valence electrons. The fourth-order valence-corrected chi connectivity index (χ4v) is 4.93. The SMILES string of the molecule is CN[C@@H](C)C(=O)N[C@H](C(=O)N1CCCC1C(=O)Nc1cc2c(Nc3ccc(F)c(F)c3F)ncnc2cc1OC)C(C)(C)C. The first-order valence-electron chi connectivity index (χ1n) is 14.1. The van der Waals surface area contributed by atoms with Crippen LogP contribution in [-0.2, 0) is 14.4 Å². The Balaban J connectivity index is 1.62. The van der Waals surface area contributed by atoms with Gasteiger partial charge in [-0.15, -0.1) is 0 Å². The Morgan fingerprint density at radius 1 is 1.07 bits per heavy atom. The van der Waals surface area contributed by atoms with Crippen molar-refractivity contribution in [2.45, 2.75) is 58.7 Å². The minimum absolute atomic E-state index is 0.0651. The molecule has 44 heavy (non-hydrogen) atoms. The molecule has 0 spiro atoms. The highest BCUT2D eigenvalue weighted by Crippen LogP contribution is 2.35. The van der Waals surface area contributed by atoms with E-state index in [2.05, 4.69) is 31.2 Å². The molecule has 0 aliphatic carbocycles. The molecule has 1 fully saturated rings. The molecule has 14 heteroatoms. The average Bonchev–Trinajstić information content (AvgIpc) is 3.49. The highest BCUT2D eigenvalue weighted by molar-refractivity contribution is 6.03. The number of halogens is 3. The Morgan fingerprint density at radius 2 is 1.80 bits per heavy atom.